The number of methoxy groups -OCH3 is 1. The molecule has 2 rings (SSSR count). The molecule has 8 heteroatoms. The van der Waals surface area contributed by atoms with Gasteiger partial charge in [-0.25, -0.2) is 4.79 Å². The van der Waals surface area contributed by atoms with E-state index in [4.69, 9.17) is 16.8 Å². The van der Waals surface area contributed by atoms with Gasteiger partial charge in [-0.3, -0.25) is 9.59 Å². The van der Waals surface area contributed by atoms with E-state index in [2.05, 4.69) is 15.2 Å². The van der Waals surface area contributed by atoms with E-state index in [0.29, 0.717) is 10.6 Å². The molecule has 2 aromatic rings. The monoisotopic (exact) mass is 360 g/mol. The number of hydrogen-bond donors (Lipinski definition) is 2. The van der Waals surface area contributed by atoms with E-state index in [0.717, 1.165) is 7.11 Å². The molecule has 0 bridgehead atoms. The number of ether oxygens (including phenoxy) is 1. The van der Waals surface area contributed by atoms with Crippen molar-refractivity contribution in [1.29, 1.82) is 0 Å². The Kier molecular flexibility index (Phi) is 5.86. The Hall–Kier alpha value is -3.19. The molecule has 2 aromatic carbocycles. The highest BCUT2D eigenvalue weighted by Gasteiger charge is 2.24. The zero-order chi connectivity index (χ0) is 18.4. The van der Waals surface area contributed by atoms with Gasteiger partial charge in [-0.1, -0.05) is 47.1 Å². The van der Waals surface area contributed by atoms with E-state index in [1.165, 1.54) is 18.2 Å². The molecule has 0 aliphatic rings. The van der Waals surface area contributed by atoms with E-state index < -0.39 is 17.6 Å². The topological polar surface area (TPSA) is 105 Å². The molecule has 0 fully saturated rings. The summed E-state index contributed by atoms with van der Waals surface area (Å²) < 4.78 is 4.35. The summed E-state index contributed by atoms with van der Waals surface area (Å²) in [4.78, 5) is 36.1. The second kappa shape index (κ2) is 8.07. The van der Waals surface area contributed by atoms with Gasteiger partial charge in [0.1, 0.15) is 0 Å². The molecule has 0 heterocycles. The first-order valence-electron chi connectivity index (χ1n) is 6.99. The molecule has 0 saturated carbocycles. The Labute approximate surface area is 147 Å². The maximum absolute atomic E-state index is 12.6. The fraction of sp³-hybridized carbons (Fsp3) is 0.0588. The van der Waals surface area contributed by atoms with Crippen molar-refractivity contribution in [2.45, 2.75) is 0 Å². The first-order chi connectivity index (χ1) is 12.0. The van der Waals surface area contributed by atoms with Crippen molar-refractivity contribution >= 4 is 40.7 Å². The van der Waals surface area contributed by atoms with Gasteiger partial charge in [-0.2, -0.15) is 0 Å². The van der Waals surface area contributed by atoms with Gasteiger partial charge in [0.2, 0.25) is 0 Å². The predicted molar refractivity (Wildman–Crippen MR) is 91.2 cm³/mol. The third-order valence-corrected chi connectivity index (χ3v) is 3.44. The zero-order valence-corrected chi connectivity index (χ0v) is 13.8. The molecule has 0 aliphatic carbocycles. The minimum absolute atomic E-state index is 0.105. The lowest BCUT2D eigenvalue weighted by Gasteiger charge is -2.11. The van der Waals surface area contributed by atoms with Crippen molar-refractivity contribution in [2.24, 2.45) is 5.16 Å². The van der Waals surface area contributed by atoms with Gasteiger partial charge in [0, 0.05) is 16.1 Å². The first-order valence-corrected chi connectivity index (χ1v) is 7.36. The SMILES string of the molecule is COC(=O)/C(=N\O)C(=O)Nc1ccc(Cl)cc1C(=O)c1ccccc1. The van der Waals surface area contributed by atoms with Crippen molar-refractivity contribution in [3.63, 3.8) is 0 Å². The molecule has 128 valence electrons. The van der Waals surface area contributed by atoms with E-state index in [1.54, 1.807) is 30.3 Å². The number of rotatable bonds is 5. The van der Waals surface area contributed by atoms with Crippen LogP contribution in [0.3, 0.4) is 0 Å². The fourth-order valence-corrected chi connectivity index (χ4v) is 2.19. The molecule has 0 aromatic heterocycles. The van der Waals surface area contributed by atoms with Crippen LogP contribution in [-0.2, 0) is 14.3 Å². The van der Waals surface area contributed by atoms with Crippen molar-refractivity contribution in [2.75, 3.05) is 12.4 Å². The molecule has 0 atom stereocenters. The highest BCUT2D eigenvalue weighted by Crippen LogP contribution is 2.23. The van der Waals surface area contributed by atoms with Crippen molar-refractivity contribution in [1.82, 2.24) is 0 Å². The average Bonchev–Trinajstić information content (AvgIpc) is 2.63. The van der Waals surface area contributed by atoms with Gasteiger partial charge >= 0.3 is 5.97 Å². The predicted octanol–water partition coefficient (Wildman–Crippen LogP) is 2.51. The van der Waals surface area contributed by atoms with Crippen LogP contribution in [0.2, 0.25) is 5.02 Å². The summed E-state index contributed by atoms with van der Waals surface area (Å²) in [5.41, 5.74) is -0.234. The number of nitrogens with one attached hydrogen (secondary N) is 1. The standard InChI is InChI=1S/C17H13ClN2O5/c1-25-17(23)14(20-24)16(22)19-13-8-7-11(18)9-12(13)15(21)10-5-3-2-4-6-10/h2-9,24H,1H3,(H,19,22)/b20-14-. The summed E-state index contributed by atoms with van der Waals surface area (Å²) in [6.45, 7) is 0. The quantitative estimate of drug-likeness (QED) is 0.213. The summed E-state index contributed by atoms with van der Waals surface area (Å²) in [5, 5.41) is 14.1. The van der Waals surface area contributed by atoms with E-state index in [1.807, 2.05) is 0 Å². The Morgan fingerprint density at radius 3 is 2.40 bits per heavy atom. The second-order valence-electron chi connectivity index (χ2n) is 4.78. The van der Waals surface area contributed by atoms with Crippen LogP contribution in [0.15, 0.2) is 53.7 Å². The number of amides is 1. The maximum Gasteiger partial charge on any atom is 0.365 e. The number of oxime groups is 1. The van der Waals surface area contributed by atoms with Crippen LogP contribution in [0.25, 0.3) is 0 Å². The Morgan fingerprint density at radius 2 is 1.80 bits per heavy atom. The van der Waals surface area contributed by atoms with Crippen LogP contribution in [0.4, 0.5) is 5.69 Å². The lowest BCUT2D eigenvalue weighted by atomic mass is 10.0. The average molecular weight is 361 g/mol. The van der Waals surface area contributed by atoms with Gasteiger partial charge in [-0.05, 0) is 18.2 Å². The Bertz CT molecular complexity index is 849. The second-order valence-corrected chi connectivity index (χ2v) is 5.22. The molecule has 0 radical (unpaired) electrons. The highest BCUT2D eigenvalue weighted by atomic mass is 35.5. The minimum atomic E-state index is -1.12. The molecule has 0 saturated heterocycles. The number of hydrogen-bond acceptors (Lipinski definition) is 6. The van der Waals surface area contributed by atoms with E-state index >= 15 is 0 Å². The van der Waals surface area contributed by atoms with Crippen LogP contribution >= 0.6 is 11.6 Å². The first kappa shape index (κ1) is 18.2. The van der Waals surface area contributed by atoms with Gasteiger partial charge < -0.3 is 15.3 Å². The van der Waals surface area contributed by atoms with Crippen LogP contribution in [0.5, 0.6) is 0 Å². The van der Waals surface area contributed by atoms with E-state index in [-0.39, 0.29) is 17.0 Å². The smallest absolute Gasteiger partial charge is 0.365 e. The molecule has 25 heavy (non-hydrogen) atoms. The zero-order valence-electron chi connectivity index (χ0n) is 13.0. The number of carbonyl (C=O) groups is 3. The van der Waals surface area contributed by atoms with Crippen LogP contribution in [-0.4, -0.2) is 35.7 Å². The molecule has 0 aliphatic heterocycles. The normalized spacial score (nSPS) is 10.9. The van der Waals surface area contributed by atoms with Crippen molar-refractivity contribution < 1.29 is 24.3 Å². The van der Waals surface area contributed by atoms with E-state index in [9.17, 15) is 14.4 Å². The summed E-state index contributed by atoms with van der Waals surface area (Å²) >= 11 is 5.94. The van der Waals surface area contributed by atoms with Gasteiger partial charge in [0.05, 0.1) is 12.8 Å². The number of carbonyl (C=O) groups excluding carboxylic acids is 3. The highest BCUT2D eigenvalue weighted by molar-refractivity contribution is 6.65. The lowest BCUT2D eigenvalue weighted by molar-refractivity contribution is -0.133. The number of esters is 1. The van der Waals surface area contributed by atoms with Crippen LogP contribution in [0, 0.1) is 0 Å². The van der Waals surface area contributed by atoms with Gasteiger partial charge in [-0.15, -0.1) is 0 Å². The third kappa shape index (κ3) is 4.21. The molecular weight excluding hydrogens is 348 g/mol. The molecule has 0 spiro atoms. The lowest BCUT2D eigenvalue weighted by Crippen LogP contribution is -2.31. The number of nitrogens with zero attached hydrogens (tertiary/aromatic N) is 1. The maximum atomic E-state index is 12.6. The number of ketones is 1. The van der Waals surface area contributed by atoms with Gasteiger partial charge in [0.15, 0.2) is 5.78 Å². The largest absolute Gasteiger partial charge is 0.464 e. The number of anilines is 1. The van der Waals surface area contributed by atoms with Gasteiger partial charge in [0.25, 0.3) is 11.6 Å². The fourth-order valence-electron chi connectivity index (χ4n) is 2.02. The van der Waals surface area contributed by atoms with Crippen molar-refractivity contribution in [3.8, 4) is 0 Å². The third-order valence-electron chi connectivity index (χ3n) is 3.20. The Morgan fingerprint density at radius 1 is 1.12 bits per heavy atom. The Balaban J connectivity index is 2.38. The number of halogens is 1. The van der Waals surface area contributed by atoms with Crippen LogP contribution < -0.4 is 5.32 Å². The summed E-state index contributed by atoms with van der Waals surface area (Å²) in [6, 6.07) is 12.6. The molecule has 7 nitrogen and oxygen atoms in total. The van der Waals surface area contributed by atoms with Crippen LogP contribution in [0.1, 0.15) is 15.9 Å². The molecular formula is C17H13ClN2O5. The summed E-state index contributed by atoms with van der Waals surface area (Å²) in [7, 11) is 1.04. The van der Waals surface area contributed by atoms with Crippen molar-refractivity contribution in [3.05, 3.63) is 64.7 Å². The minimum Gasteiger partial charge on any atom is -0.464 e. The summed E-state index contributed by atoms with van der Waals surface area (Å²) in [6.07, 6.45) is 0. The number of benzene rings is 2. The summed E-state index contributed by atoms with van der Waals surface area (Å²) in [5.74, 6) is -2.53. The molecule has 0 unspecified atom stereocenters. The molecule has 1 amide bonds. The molecule has 2 N–H and O–H groups in total.